The smallest absolute Gasteiger partial charge is 0.233 e. The molecule has 1 amide bonds. The number of para-hydroxylation sites is 2. The third-order valence-corrected chi connectivity index (χ3v) is 5.73. The highest BCUT2D eigenvalue weighted by molar-refractivity contribution is 7.80. The fraction of sp³-hybridized carbons (Fsp3) is 0.333. The van der Waals surface area contributed by atoms with E-state index in [1.54, 1.807) is 26.1 Å². The number of carbonyl (C=O) groups is 1. The molecule has 1 N–H and O–H groups in total. The van der Waals surface area contributed by atoms with Crippen molar-refractivity contribution in [1.82, 2.24) is 10.2 Å². The number of hydrogen-bond acceptors (Lipinski definition) is 4. The van der Waals surface area contributed by atoms with Crippen LogP contribution in [0.2, 0.25) is 0 Å². The van der Waals surface area contributed by atoms with Gasteiger partial charge in [-0.25, -0.2) is 0 Å². The molecule has 2 bridgehead atoms. The van der Waals surface area contributed by atoms with E-state index in [-0.39, 0.29) is 11.9 Å². The van der Waals surface area contributed by atoms with Crippen LogP contribution in [-0.2, 0) is 4.79 Å². The molecule has 2 aliphatic rings. The molecule has 3 atom stereocenters. The van der Waals surface area contributed by atoms with Crippen molar-refractivity contribution in [1.29, 1.82) is 0 Å². The summed E-state index contributed by atoms with van der Waals surface area (Å²) in [5.41, 5.74) is 0.708. The Balaban J connectivity index is 1.95. The molecule has 0 aliphatic carbocycles. The van der Waals surface area contributed by atoms with Crippen LogP contribution in [0.5, 0.6) is 11.5 Å². The lowest BCUT2D eigenvalue weighted by atomic mass is 9.78. The molecule has 4 rings (SSSR count). The number of nitrogens with zero attached hydrogens (tertiary/aromatic N) is 2. The first kappa shape index (κ1) is 18.6. The summed E-state index contributed by atoms with van der Waals surface area (Å²) >= 11 is 5.71. The molecule has 2 heterocycles. The minimum Gasteiger partial charge on any atom is -0.493 e. The molecular weight excluding hydrogens is 374 g/mol. The van der Waals surface area contributed by atoms with Crippen LogP contribution in [0.25, 0.3) is 0 Å². The maximum absolute atomic E-state index is 13.3. The average molecular weight is 398 g/mol. The van der Waals surface area contributed by atoms with E-state index in [9.17, 15) is 4.79 Å². The monoisotopic (exact) mass is 397 g/mol. The third-order valence-electron chi connectivity index (χ3n) is 5.43. The molecule has 1 fully saturated rings. The molecule has 28 heavy (non-hydrogen) atoms. The Morgan fingerprint density at radius 2 is 1.93 bits per heavy atom. The van der Waals surface area contributed by atoms with Gasteiger partial charge in [-0.15, -0.1) is 0 Å². The maximum atomic E-state index is 13.3. The molecule has 0 aromatic heterocycles. The molecule has 7 heteroatoms. The van der Waals surface area contributed by atoms with Gasteiger partial charge in [-0.2, -0.15) is 0 Å². The van der Waals surface area contributed by atoms with Crippen molar-refractivity contribution in [3.8, 4) is 11.5 Å². The van der Waals surface area contributed by atoms with Gasteiger partial charge in [0.15, 0.2) is 22.3 Å². The molecule has 1 saturated heterocycles. The van der Waals surface area contributed by atoms with Gasteiger partial charge in [-0.1, -0.05) is 30.3 Å². The van der Waals surface area contributed by atoms with Gasteiger partial charge in [0.05, 0.1) is 13.2 Å². The zero-order valence-corrected chi connectivity index (χ0v) is 17.1. The van der Waals surface area contributed by atoms with E-state index in [1.807, 2.05) is 60.4 Å². The Bertz CT molecular complexity index is 934. The quantitative estimate of drug-likeness (QED) is 0.804. The molecule has 146 valence electrons. The van der Waals surface area contributed by atoms with E-state index >= 15 is 0 Å². The third kappa shape index (κ3) is 2.61. The van der Waals surface area contributed by atoms with Crippen molar-refractivity contribution in [2.75, 3.05) is 26.1 Å². The van der Waals surface area contributed by atoms with Crippen LogP contribution in [0, 0.1) is 5.92 Å². The van der Waals surface area contributed by atoms with Gasteiger partial charge in [0.2, 0.25) is 5.91 Å². The van der Waals surface area contributed by atoms with E-state index in [4.69, 9.17) is 21.7 Å². The number of amides is 1. The van der Waals surface area contributed by atoms with E-state index in [0.29, 0.717) is 16.6 Å². The molecule has 0 unspecified atom stereocenters. The average Bonchev–Trinajstić information content (AvgIpc) is 2.67. The lowest BCUT2D eigenvalue weighted by Gasteiger charge is -2.56. The number of hydrogen-bond donors (Lipinski definition) is 1. The Morgan fingerprint density at radius 3 is 2.57 bits per heavy atom. The summed E-state index contributed by atoms with van der Waals surface area (Å²) in [4.78, 5) is 16.8. The number of carbonyl (C=O) groups excluding carboxylic acids is 1. The van der Waals surface area contributed by atoms with E-state index in [1.165, 1.54) is 0 Å². The molecule has 0 spiro atoms. The number of anilines is 1. The second kappa shape index (κ2) is 6.67. The molecular formula is C21H23N3O3S. The van der Waals surface area contributed by atoms with E-state index < -0.39 is 11.6 Å². The second-order valence-corrected chi connectivity index (χ2v) is 7.73. The lowest BCUT2D eigenvalue weighted by molar-refractivity contribution is -0.144. The predicted octanol–water partition coefficient (Wildman–Crippen LogP) is 2.94. The highest BCUT2D eigenvalue weighted by Gasteiger charge is 2.59. The fourth-order valence-electron chi connectivity index (χ4n) is 4.15. The Hall–Kier alpha value is -2.80. The summed E-state index contributed by atoms with van der Waals surface area (Å²) in [7, 11) is 5.13. The SMILES string of the molecule is COc1cccc2c1O[C@]1(C)[C@H](C(=O)N(C)C)[C@@H]2NC(=S)N1c1ccccc1. The van der Waals surface area contributed by atoms with Crippen molar-refractivity contribution in [2.24, 2.45) is 5.92 Å². The fourth-order valence-corrected chi connectivity index (χ4v) is 4.57. The van der Waals surface area contributed by atoms with Gasteiger partial charge in [-0.3, -0.25) is 9.69 Å². The Kier molecular flexibility index (Phi) is 4.42. The predicted molar refractivity (Wildman–Crippen MR) is 112 cm³/mol. The second-order valence-electron chi connectivity index (χ2n) is 7.34. The first-order valence-electron chi connectivity index (χ1n) is 9.11. The number of ether oxygens (including phenoxy) is 2. The van der Waals surface area contributed by atoms with Gasteiger partial charge in [0.25, 0.3) is 0 Å². The zero-order chi connectivity index (χ0) is 20.1. The van der Waals surface area contributed by atoms with Gasteiger partial charge in [-0.05, 0) is 37.3 Å². The summed E-state index contributed by atoms with van der Waals surface area (Å²) in [6, 6.07) is 15.1. The number of fused-ring (bicyclic) bond motifs is 4. The molecule has 2 aromatic carbocycles. The molecule has 0 radical (unpaired) electrons. The summed E-state index contributed by atoms with van der Waals surface area (Å²) in [6.07, 6.45) is 0. The summed E-state index contributed by atoms with van der Waals surface area (Å²) in [6.45, 7) is 1.92. The molecule has 6 nitrogen and oxygen atoms in total. The molecule has 2 aliphatic heterocycles. The van der Waals surface area contributed by atoms with Crippen LogP contribution < -0.4 is 19.7 Å². The molecule has 2 aromatic rings. The first-order chi connectivity index (χ1) is 13.4. The number of nitrogens with one attached hydrogen (secondary N) is 1. The number of thiocarbonyl (C=S) groups is 1. The van der Waals surface area contributed by atoms with Crippen LogP contribution in [-0.4, -0.2) is 42.8 Å². The minimum absolute atomic E-state index is 0.0306. The van der Waals surface area contributed by atoms with Crippen LogP contribution in [0.15, 0.2) is 48.5 Å². The molecule has 0 saturated carbocycles. The van der Waals surface area contributed by atoms with Crippen molar-refractivity contribution >= 4 is 28.9 Å². The maximum Gasteiger partial charge on any atom is 0.233 e. The van der Waals surface area contributed by atoms with Crippen LogP contribution in [0.4, 0.5) is 5.69 Å². The van der Waals surface area contributed by atoms with Crippen LogP contribution >= 0.6 is 12.2 Å². The zero-order valence-electron chi connectivity index (χ0n) is 16.3. The number of methoxy groups -OCH3 is 1. The van der Waals surface area contributed by atoms with Gasteiger partial charge >= 0.3 is 0 Å². The van der Waals surface area contributed by atoms with Crippen LogP contribution in [0.3, 0.4) is 0 Å². The summed E-state index contributed by atoms with van der Waals surface area (Å²) < 4.78 is 12.1. The van der Waals surface area contributed by atoms with Crippen molar-refractivity contribution in [3.05, 3.63) is 54.1 Å². The highest BCUT2D eigenvalue weighted by atomic mass is 32.1. The van der Waals surface area contributed by atoms with E-state index in [0.717, 1.165) is 11.3 Å². The van der Waals surface area contributed by atoms with Crippen molar-refractivity contribution in [2.45, 2.75) is 18.7 Å². The largest absolute Gasteiger partial charge is 0.493 e. The Morgan fingerprint density at radius 1 is 1.21 bits per heavy atom. The number of rotatable bonds is 3. The summed E-state index contributed by atoms with van der Waals surface area (Å²) in [5.74, 6) is 0.731. The topological polar surface area (TPSA) is 54.0 Å². The van der Waals surface area contributed by atoms with Crippen LogP contribution in [0.1, 0.15) is 18.5 Å². The Labute approximate surface area is 170 Å². The lowest BCUT2D eigenvalue weighted by Crippen LogP contribution is -2.72. The number of benzene rings is 2. The van der Waals surface area contributed by atoms with Crippen molar-refractivity contribution < 1.29 is 14.3 Å². The minimum atomic E-state index is -1.02. The highest BCUT2D eigenvalue weighted by Crippen LogP contribution is 2.52. The standard InChI is InChI=1S/C21H23N3O3S/c1-21-16(19(25)23(2)3)17(14-11-8-12-15(26-4)18(14)27-21)22-20(28)24(21)13-9-6-5-7-10-13/h5-12,16-17H,1-4H3,(H,22,28)/t16-,17+,21+/m0/s1. The van der Waals surface area contributed by atoms with E-state index in [2.05, 4.69) is 5.32 Å². The first-order valence-corrected chi connectivity index (χ1v) is 9.52. The van der Waals surface area contributed by atoms with Gasteiger partial charge in [0, 0.05) is 25.3 Å². The normalized spacial score (nSPS) is 25.3. The van der Waals surface area contributed by atoms with Gasteiger partial charge < -0.3 is 19.7 Å². The summed E-state index contributed by atoms with van der Waals surface area (Å²) in [5, 5.41) is 3.91. The van der Waals surface area contributed by atoms with Gasteiger partial charge in [0.1, 0.15) is 5.92 Å². The van der Waals surface area contributed by atoms with Crippen molar-refractivity contribution in [3.63, 3.8) is 0 Å².